The molecule has 0 radical (unpaired) electrons. The SMILES string of the molecule is CC(C)(C)CNC(=O)c1ccc(C(=O)Nc2ccc(CC(=O)O)cc2)cc1. The summed E-state index contributed by atoms with van der Waals surface area (Å²) < 4.78 is 0. The van der Waals surface area contributed by atoms with E-state index >= 15 is 0 Å². The van der Waals surface area contributed by atoms with Crippen LogP contribution in [0.4, 0.5) is 5.69 Å². The van der Waals surface area contributed by atoms with E-state index in [1.54, 1.807) is 48.5 Å². The summed E-state index contributed by atoms with van der Waals surface area (Å²) in [6.45, 7) is 6.67. The first-order valence-electron chi connectivity index (χ1n) is 8.64. The Labute approximate surface area is 158 Å². The molecule has 0 aromatic heterocycles. The van der Waals surface area contributed by atoms with Gasteiger partial charge in [-0.25, -0.2) is 0 Å². The fourth-order valence-electron chi connectivity index (χ4n) is 2.30. The highest BCUT2D eigenvalue weighted by Crippen LogP contribution is 2.14. The minimum Gasteiger partial charge on any atom is -0.481 e. The molecule has 27 heavy (non-hydrogen) atoms. The third-order valence-electron chi connectivity index (χ3n) is 3.76. The van der Waals surface area contributed by atoms with Crippen LogP contribution in [0.15, 0.2) is 48.5 Å². The van der Waals surface area contributed by atoms with Crippen molar-refractivity contribution in [1.29, 1.82) is 0 Å². The Hall–Kier alpha value is -3.15. The molecular weight excluding hydrogens is 344 g/mol. The molecule has 0 fully saturated rings. The second-order valence-electron chi connectivity index (χ2n) is 7.54. The van der Waals surface area contributed by atoms with Crippen molar-refractivity contribution in [2.24, 2.45) is 5.41 Å². The minimum absolute atomic E-state index is 0.00446. The predicted molar refractivity (Wildman–Crippen MR) is 104 cm³/mol. The van der Waals surface area contributed by atoms with Crippen LogP contribution in [0.2, 0.25) is 0 Å². The Morgan fingerprint density at radius 1 is 0.852 bits per heavy atom. The molecule has 0 saturated carbocycles. The van der Waals surface area contributed by atoms with Gasteiger partial charge in [0.2, 0.25) is 0 Å². The maximum absolute atomic E-state index is 12.3. The normalized spacial score (nSPS) is 10.9. The summed E-state index contributed by atoms with van der Waals surface area (Å²) in [6, 6.07) is 13.1. The smallest absolute Gasteiger partial charge is 0.307 e. The Balaban J connectivity index is 1.97. The van der Waals surface area contributed by atoms with E-state index in [0.717, 1.165) is 0 Å². The lowest BCUT2D eigenvalue weighted by Crippen LogP contribution is -2.32. The first kappa shape index (κ1) is 20.2. The zero-order chi connectivity index (χ0) is 20.0. The number of carboxylic acids is 1. The second kappa shape index (κ2) is 8.49. The summed E-state index contributed by atoms with van der Waals surface area (Å²) in [6.07, 6.45) is -0.0625. The Morgan fingerprint density at radius 3 is 1.85 bits per heavy atom. The van der Waals surface area contributed by atoms with Gasteiger partial charge in [0.25, 0.3) is 11.8 Å². The molecule has 0 aliphatic carbocycles. The molecule has 2 aromatic rings. The summed E-state index contributed by atoms with van der Waals surface area (Å²) in [5.41, 5.74) is 2.15. The van der Waals surface area contributed by atoms with Crippen LogP contribution in [-0.2, 0) is 11.2 Å². The number of hydrogen-bond donors (Lipinski definition) is 3. The van der Waals surface area contributed by atoms with E-state index in [2.05, 4.69) is 10.6 Å². The second-order valence-corrected chi connectivity index (χ2v) is 7.54. The first-order chi connectivity index (χ1) is 12.6. The van der Waals surface area contributed by atoms with Gasteiger partial charge in [0.05, 0.1) is 6.42 Å². The Morgan fingerprint density at radius 2 is 1.37 bits per heavy atom. The van der Waals surface area contributed by atoms with Gasteiger partial charge in [0.1, 0.15) is 0 Å². The summed E-state index contributed by atoms with van der Waals surface area (Å²) in [5, 5.41) is 14.4. The van der Waals surface area contributed by atoms with Gasteiger partial charge in [0.15, 0.2) is 0 Å². The number of carboxylic acid groups (broad SMARTS) is 1. The lowest BCUT2D eigenvalue weighted by atomic mass is 9.97. The van der Waals surface area contributed by atoms with Crippen molar-refractivity contribution in [3.63, 3.8) is 0 Å². The number of aliphatic carboxylic acids is 1. The van der Waals surface area contributed by atoms with Crippen molar-refractivity contribution in [1.82, 2.24) is 5.32 Å². The van der Waals surface area contributed by atoms with Gasteiger partial charge in [0, 0.05) is 23.4 Å². The van der Waals surface area contributed by atoms with E-state index in [-0.39, 0.29) is 23.7 Å². The fraction of sp³-hybridized carbons (Fsp3) is 0.286. The predicted octanol–water partition coefficient (Wildman–Crippen LogP) is 3.34. The van der Waals surface area contributed by atoms with Crippen molar-refractivity contribution >= 4 is 23.5 Å². The molecule has 0 unspecified atom stereocenters. The Kier molecular flexibility index (Phi) is 6.34. The maximum atomic E-state index is 12.3. The standard InChI is InChI=1S/C21H24N2O4/c1-21(2,3)13-22-19(26)15-6-8-16(9-7-15)20(27)23-17-10-4-14(5-11-17)12-18(24)25/h4-11H,12-13H2,1-3H3,(H,22,26)(H,23,27)(H,24,25). The maximum Gasteiger partial charge on any atom is 0.307 e. The van der Waals surface area contributed by atoms with E-state index in [9.17, 15) is 14.4 Å². The molecule has 0 bridgehead atoms. The number of anilines is 1. The van der Waals surface area contributed by atoms with Gasteiger partial charge >= 0.3 is 5.97 Å². The topological polar surface area (TPSA) is 95.5 Å². The van der Waals surface area contributed by atoms with E-state index in [1.807, 2.05) is 20.8 Å². The number of nitrogens with one attached hydrogen (secondary N) is 2. The Bertz CT molecular complexity index is 819. The number of rotatable bonds is 6. The molecule has 0 heterocycles. The van der Waals surface area contributed by atoms with Gasteiger partial charge < -0.3 is 15.7 Å². The molecule has 0 atom stereocenters. The quantitative estimate of drug-likeness (QED) is 0.729. The van der Waals surface area contributed by atoms with Crippen LogP contribution < -0.4 is 10.6 Å². The molecule has 2 amide bonds. The van der Waals surface area contributed by atoms with Crippen molar-refractivity contribution in [2.75, 3.05) is 11.9 Å². The van der Waals surface area contributed by atoms with Crippen LogP contribution in [0.25, 0.3) is 0 Å². The summed E-state index contributed by atoms with van der Waals surface area (Å²) >= 11 is 0. The average molecular weight is 368 g/mol. The van der Waals surface area contributed by atoms with Crippen molar-refractivity contribution in [2.45, 2.75) is 27.2 Å². The molecule has 142 valence electrons. The lowest BCUT2D eigenvalue weighted by molar-refractivity contribution is -0.136. The number of amides is 2. The third-order valence-corrected chi connectivity index (χ3v) is 3.76. The number of benzene rings is 2. The van der Waals surface area contributed by atoms with Crippen molar-refractivity contribution in [3.05, 3.63) is 65.2 Å². The van der Waals surface area contributed by atoms with Crippen LogP contribution >= 0.6 is 0 Å². The molecule has 3 N–H and O–H groups in total. The van der Waals surface area contributed by atoms with Crippen molar-refractivity contribution < 1.29 is 19.5 Å². The molecular formula is C21H24N2O4. The van der Waals surface area contributed by atoms with Gasteiger partial charge in [-0.15, -0.1) is 0 Å². The summed E-state index contributed by atoms with van der Waals surface area (Å²) in [5.74, 6) is -1.38. The molecule has 6 heteroatoms. The van der Waals surface area contributed by atoms with Gasteiger partial charge in [-0.1, -0.05) is 32.9 Å². The molecule has 0 saturated heterocycles. The minimum atomic E-state index is -0.904. The zero-order valence-corrected chi connectivity index (χ0v) is 15.7. The van der Waals surface area contributed by atoms with Crippen LogP contribution in [0.3, 0.4) is 0 Å². The molecule has 0 spiro atoms. The monoisotopic (exact) mass is 368 g/mol. The first-order valence-corrected chi connectivity index (χ1v) is 8.64. The molecule has 0 aliphatic rings. The van der Waals surface area contributed by atoms with Crippen LogP contribution in [-0.4, -0.2) is 29.4 Å². The largest absolute Gasteiger partial charge is 0.481 e. The number of carbonyl (C=O) groups is 3. The molecule has 6 nitrogen and oxygen atoms in total. The van der Waals surface area contributed by atoms with E-state index in [4.69, 9.17) is 5.11 Å². The highest BCUT2D eigenvalue weighted by molar-refractivity contribution is 6.05. The molecule has 2 aromatic carbocycles. The molecule has 0 aliphatic heterocycles. The van der Waals surface area contributed by atoms with Crippen molar-refractivity contribution in [3.8, 4) is 0 Å². The third kappa shape index (κ3) is 6.58. The van der Waals surface area contributed by atoms with Crippen LogP contribution in [0, 0.1) is 5.41 Å². The van der Waals surface area contributed by atoms with Gasteiger partial charge in [-0.05, 0) is 47.4 Å². The fourth-order valence-corrected chi connectivity index (χ4v) is 2.30. The van der Waals surface area contributed by atoms with E-state index < -0.39 is 5.97 Å². The summed E-state index contributed by atoms with van der Waals surface area (Å²) in [4.78, 5) is 35.1. The van der Waals surface area contributed by atoms with Gasteiger partial charge in [-0.3, -0.25) is 14.4 Å². The lowest BCUT2D eigenvalue weighted by Gasteiger charge is -2.18. The van der Waals surface area contributed by atoms with Crippen LogP contribution in [0.1, 0.15) is 47.1 Å². The highest BCUT2D eigenvalue weighted by atomic mass is 16.4. The highest BCUT2D eigenvalue weighted by Gasteiger charge is 2.14. The molecule has 2 rings (SSSR count). The van der Waals surface area contributed by atoms with Crippen LogP contribution in [0.5, 0.6) is 0 Å². The van der Waals surface area contributed by atoms with E-state index in [1.165, 1.54) is 0 Å². The summed E-state index contributed by atoms with van der Waals surface area (Å²) in [7, 11) is 0. The number of hydrogen-bond acceptors (Lipinski definition) is 3. The van der Waals surface area contributed by atoms with Gasteiger partial charge in [-0.2, -0.15) is 0 Å². The average Bonchev–Trinajstić information content (AvgIpc) is 2.60. The number of carbonyl (C=O) groups excluding carboxylic acids is 2. The van der Waals surface area contributed by atoms with E-state index in [0.29, 0.717) is 28.9 Å². The zero-order valence-electron chi connectivity index (χ0n) is 15.7.